The molecule has 0 aromatic carbocycles. The fourth-order valence-electron chi connectivity index (χ4n) is 3.89. The van der Waals surface area contributed by atoms with Crippen molar-refractivity contribution in [3.63, 3.8) is 0 Å². The Balaban J connectivity index is 0.00000312. The Morgan fingerprint density at radius 2 is 1.96 bits per heavy atom. The molecule has 0 aromatic heterocycles. The van der Waals surface area contributed by atoms with Gasteiger partial charge in [-0.3, -0.25) is 14.8 Å². The van der Waals surface area contributed by atoms with E-state index < -0.39 is 0 Å². The quantitative estimate of drug-likeness (QED) is 0.360. The molecule has 2 saturated heterocycles. The maximum Gasteiger partial charge on any atom is 0.191 e. The van der Waals surface area contributed by atoms with Gasteiger partial charge in [-0.1, -0.05) is 13.3 Å². The first-order valence-corrected chi connectivity index (χ1v) is 10.0. The van der Waals surface area contributed by atoms with Gasteiger partial charge in [-0.25, -0.2) is 0 Å². The van der Waals surface area contributed by atoms with Crippen LogP contribution >= 0.6 is 24.0 Å². The van der Waals surface area contributed by atoms with Crippen molar-refractivity contribution in [3.05, 3.63) is 0 Å². The minimum absolute atomic E-state index is 0. The van der Waals surface area contributed by atoms with Crippen LogP contribution in [-0.2, 0) is 0 Å². The Labute approximate surface area is 172 Å². The highest BCUT2D eigenvalue weighted by molar-refractivity contribution is 14.0. The molecule has 2 N–H and O–H groups in total. The van der Waals surface area contributed by atoms with Gasteiger partial charge in [0.05, 0.1) is 6.54 Å². The molecule has 6 heteroatoms. The summed E-state index contributed by atoms with van der Waals surface area (Å²) in [4.78, 5) is 9.99. The van der Waals surface area contributed by atoms with Crippen LogP contribution in [0, 0.1) is 5.92 Å². The van der Waals surface area contributed by atoms with E-state index in [0.717, 1.165) is 38.2 Å². The molecule has 5 nitrogen and oxygen atoms in total. The van der Waals surface area contributed by atoms with Gasteiger partial charge in [0.2, 0.25) is 0 Å². The third-order valence-corrected chi connectivity index (χ3v) is 5.63. The summed E-state index contributed by atoms with van der Waals surface area (Å²) in [5.41, 5.74) is 0. The Morgan fingerprint density at radius 3 is 2.56 bits per heavy atom. The third kappa shape index (κ3) is 7.21. The van der Waals surface area contributed by atoms with E-state index in [1.54, 1.807) is 0 Å². The smallest absolute Gasteiger partial charge is 0.191 e. The zero-order valence-corrected chi connectivity index (χ0v) is 19.3. The van der Waals surface area contributed by atoms with Gasteiger partial charge in [-0.05, 0) is 53.0 Å². The Kier molecular flexibility index (Phi) is 10.6. The second kappa shape index (κ2) is 11.6. The molecule has 2 heterocycles. The number of hydrogen-bond acceptors (Lipinski definition) is 3. The first kappa shape index (κ1) is 23.0. The minimum atomic E-state index is 0. The van der Waals surface area contributed by atoms with Gasteiger partial charge in [0, 0.05) is 44.3 Å². The van der Waals surface area contributed by atoms with E-state index >= 15 is 0 Å². The molecule has 0 amide bonds. The van der Waals surface area contributed by atoms with Gasteiger partial charge >= 0.3 is 0 Å². The van der Waals surface area contributed by atoms with E-state index in [1.165, 1.54) is 32.4 Å². The molecule has 0 aromatic rings. The average Bonchev–Trinajstić information content (AvgIpc) is 2.91. The number of halogens is 1. The van der Waals surface area contributed by atoms with Crippen molar-refractivity contribution in [3.8, 4) is 0 Å². The Morgan fingerprint density at radius 1 is 1.20 bits per heavy atom. The van der Waals surface area contributed by atoms with Crippen LogP contribution in [0.2, 0.25) is 0 Å². The standard InChI is InChI=1S/C19H39N5.HI/c1-6-20-19(21-10-12-23-11-8-7-9-17(23)5)22-18-14-24(15(2)3)13-16(18)4;/h15-18H,6-14H2,1-5H3,(H2,20,21,22);1H. The summed E-state index contributed by atoms with van der Waals surface area (Å²) in [6, 6.07) is 1.84. The lowest BCUT2D eigenvalue weighted by atomic mass is 10.0. The van der Waals surface area contributed by atoms with Gasteiger partial charge < -0.3 is 10.6 Å². The lowest BCUT2D eigenvalue weighted by Gasteiger charge is -2.32. The number of piperidine rings is 1. The molecule has 0 bridgehead atoms. The fourth-order valence-corrected chi connectivity index (χ4v) is 3.89. The molecule has 0 radical (unpaired) electrons. The largest absolute Gasteiger partial charge is 0.357 e. The van der Waals surface area contributed by atoms with Crippen LogP contribution in [0.4, 0.5) is 0 Å². The monoisotopic (exact) mass is 465 g/mol. The molecule has 0 aliphatic carbocycles. The lowest BCUT2D eigenvalue weighted by molar-refractivity contribution is 0.166. The van der Waals surface area contributed by atoms with Crippen molar-refractivity contribution in [1.82, 2.24) is 20.4 Å². The van der Waals surface area contributed by atoms with Crippen molar-refractivity contribution in [2.75, 3.05) is 39.3 Å². The first-order chi connectivity index (χ1) is 11.5. The fraction of sp³-hybridized carbons (Fsp3) is 0.947. The zero-order valence-electron chi connectivity index (χ0n) is 16.9. The summed E-state index contributed by atoms with van der Waals surface area (Å²) < 4.78 is 0. The Hall–Kier alpha value is -0.0800. The second-order valence-corrected chi connectivity index (χ2v) is 7.92. The summed E-state index contributed by atoms with van der Waals surface area (Å²) in [5, 5.41) is 7.10. The summed E-state index contributed by atoms with van der Waals surface area (Å²) in [6.45, 7) is 17.8. The van der Waals surface area contributed by atoms with Crippen molar-refractivity contribution in [1.29, 1.82) is 0 Å². The molecule has 2 fully saturated rings. The summed E-state index contributed by atoms with van der Waals surface area (Å²) in [7, 11) is 0. The molecule has 0 spiro atoms. The first-order valence-electron chi connectivity index (χ1n) is 10.0. The number of aliphatic imine (C=N–C) groups is 1. The zero-order chi connectivity index (χ0) is 17.5. The highest BCUT2D eigenvalue weighted by atomic mass is 127. The minimum Gasteiger partial charge on any atom is -0.357 e. The van der Waals surface area contributed by atoms with Crippen molar-refractivity contribution >= 4 is 29.9 Å². The van der Waals surface area contributed by atoms with Gasteiger partial charge in [-0.2, -0.15) is 0 Å². The van der Waals surface area contributed by atoms with E-state index in [9.17, 15) is 0 Å². The van der Waals surface area contributed by atoms with Gasteiger partial charge in [-0.15, -0.1) is 24.0 Å². The normalized spacial score (nSPS) is 28.9. The highest BCUT2D eigenvalue weighted by Crippen LogP contribution is 2.18. The molecule has 0 saturated carbocycles. The van der Waals surface area contributed by atoms with Crippen LogP contribution in [0.3, 0.4) is 0 Å². The summed E-state index contributed by atoms with van der Waals surface area (Å²) in [5.74, 6) is 1.66. The maximum atomic E-state index is 4.84. The van der Waals surface area contributed by atoms with Gasteiger partial charge in [0.15, 0.2) is 5.96 Å². The molecule has 25 heavy (non-hydrogen) atoms. The Bertz CT molecular complexity index is 401. The van der Waals surface area contributed by atoms with E-state index in [0.29, 0.717) is 18.0 Å². The number of nitrogens with zero attached hydrogens (tertiary/aromatic N) is 3. The van der Waals surface area contributed by atoms with Crippen LogP contribution in [0.15, 0.2) is 4.99 Å². The highest BCUT2D eigenvalue weighted by Gasteiger charge is 2.31. The molecule has 3 unspecified atom stereocenters. The number of hydrogen-bond donors (Lipinski definition) is 2. The van der Waals surface area contributed by atoms with Gasteiger partial charge in [0.1, 0.15) is 0 Å². The third-order valence-electron chi connectivity index (χ3n) is 5.63. The van der Waals surface area contributed by atoms with E-state index in [2.05, 4.69) is 55.1 Å². The van der Waals surface area contributed by atoms with E-state index in [4.69, 9.17) is 4.99 Å². The second-order valence-electron chi connectivity index (χ2n) is 7.92. The topological polar surface area (TPSA) is 42.9 Å². The van der Waals surface area contributed by atoms with Crippen molar-refractivity contribution < 1.29 is 0 Å². The molecule has 148 valence electrons. The number of nitrogens with one attached hydrogen (secondary N) is 2. The number of likely N-dealkylation sites (tertiary alicyclic amines) is 2. The van der Waals surface area contributed by atoms with Gasteiger partial charge in [0.25, 0.3) is 0 Å². The molecular formula is C19H40IN5. The molecule has 3 atom stereocenters. The molecule has 2 aliphatic rings. The average molecular weight is 465 g/mol. The van der Waals surface area contributed by atoms with Crippen LogP contribution in [0.1, 0.15) is 53.9 Å². The SMILES string of the molecule is CCNC(=NCCN1CCCCC1C)NC1CN(C(C)C)CC1C.I. The molecule has 2 rings (SSSR count). The van der Waals surface area contributed by atoms with E-state index in [-0.39, 0.29) is 24.0 Å². The van der Waals surface area contributed by atoms with E-state index in [1.807, 2.05) is 0 Å². The number of guanidine groups is 1. The number of rotatable bonds is 6. The van der Waals surface area contributed by atoms with Crippen LogP contribution in [-0.4, -0.2) is 73.2 Å². The lowest BCUT2D eigenvalue weighted by Crippen LogP contribution is -2.47. The van der Waals surface area contributed by atoms with Crippen LogP contribution < -0.4 is 10.6 Å². The molecule has 2 aliphatic heterocycles. The maximum absolute atomic E-state index is 4.84. The van der Waals surface area contributed by atoms with Crippen molar-refractivity contribution in [2.45, 2.75) is 72.0 Å². The molecular weight excluding hydrogens is 425 g/mol. The summed E-state index contributed by atoms with van der Waals surface area (Å²) >= 11 is 0. The van der Waals surface area contributed by atoms with Crippen LogP contribution in [0.25, 0.3) is 0 Å². The predicted octanol–water partition coefficient (Wildman–Crippen LogP) is 2.76. The summed E-state index contributed by atoms with van der Waals surface area (Å²) in [6.07, 6.45) is 4.07. The van der Waals surface area contributed by atoms with Crippen molar-refractivity contribution in [2.24, 2.45) is 10.9 Å². The van der Waals surface area contributed by atoms with Crippen LogP contribution in [0.5, 0.6) is 0 Å². The predicted molar refractivity (Wildman–Crippen MR) is 119 cm³/mol.